The van der Waals surface area contributed by atoms with Gasteiger partial charge in [-0.3, -0.25) is 0 Å². The van der Waals surface area contributed by atoms with E-state index in [2.05, 4.69) is 90.6 Å². The maximum atomic E-state index is 14.0. The van der Waals surface area contributed by atoms with Gasteiger partial charge < -0.3 is 14.8 Å². The number of urea groups is 1. The van der Waals surface area contributed by atoms with Crippen LogP contribution >= 0.6 is 0 Å². The summed E-state index contributed by atoms with van der Waals surface area (Å²) in [7, 11) is 0. The first-order chi connectivity index (χ1) is 19.1. The lowest BCUT2D eigenvalue weighted by molar-refractivity contribution is 0.180. The second-order valence-electron chi connectivity index (χ2n) is 10.1. The van der Waals surface area contributed by atoms with Crippen LogP contribution in [0, 0.1) is 6.92 Å². The van der Waals surface area contributed by atoms with Gasteiger partial charge in [0.05, 0.1) is 29.7 Å². The minimum absolute atomic E-state index is 0.0772. The largest absolute Gasteiger partial charge is 0.338 e. The number of nitrogens with one attached hydrogen (secondary N) is 1. The fourth-order valence-electron chi connectivity index (χ4n) is 5.51. The molecule has 0 fully saturated rings. The maximum absolute atomic E-state index is 14.0. The van der Waals surface area contributed by atoms with Crippen molar-refractivity contribution in [2.24, 2.45) is 0 Å². The van der Waals surface area contributed by atoms with Gasteiger partial charge in [0, 0.05) is 18.3 Å². The lowest BCUT2D eigenvalue weighted by Gasteiger charge is -2.31. The van der Waals surface area contributed by atoms with Crippen LogP contribution in [0.2, 0.25) is 0 Å². The van der Waals surface area contributed by atoms with Crippen LogP contribution < -0.4 is 5.32 Å². The summed E-state index contributed by atoms with van der Waals surface area (Å²) < 4.78 is 4.25. The van der Waals surface area contributed by atoms with Crippen LogP contribution in [0.25, 0.3) is 11.5 Å². The molecule has 196 valence electrons. The summed E-state index contributed by atoms with van der Waals surface area (Å²) in [5.74, 6) is 0.995. The normalized spacial score (nSPS) is 14.4. The van der Waals surface area contributed by atoms with Crippen molar-refractivity contribution in [3.05, 3.63) is 137 Å². The Hall–Kier alpha value is -4.58. The molecule has 1 aliphatic rings. The summed E-state index contributed by atoms with van der Waals surface area (Å²) in [6, 6.07) is 32.9. The van der Waals surface area contributed by atoms with Crippen LogP contribution in [0.4, 0.5) is 4.79 Å². The number of aromatic nitrogens is 3. The highest BCUT2D eigenvalue weighted by Gasteiger charge is 2.36. The molecule has 3 aromatic carbocycles. The molecule has 2 aromatic heterocycles. The van der Waals surface area contributed by atoms with Gasteiger partial charge in [-0.15, -0.1) is 0 Å². The monoisotopic (exact) mass is 515 g/mol. The average molecular weight is 516 g/mol. The minimum Gasteiger partial charge on any atom is -0.338 e. The van der Waals surface area contributed by atoms with Crippen molar-refractivity contribution < 1.29 is 4.79 Å². The molecule has 0 bridgehead atoms. The Morgan fingerprint density at radius 2 is 1.64 bits per heavy atom. The smallest absolute Gasteiger partial charge is 0.318 e. The van der Waals surface area contributed by atoms with Gasteiger partial charge >= 0.3 is 6.03 Å². The van der Waals surface area contributed by atoms with Gasteiger partial charge in [-0.05, 0) is 55.2 Å². The van der Waals surface area contributed by atoms with Crippen molar-refractivity contribution in [3.8, 4) is 11.5 Å². The molecular formula is C33H33N5O. The number of benzene rings is 3. The third-order valence-corrected chi connectivity index (χ3v) is 7.49. The molecule has 0 aliphatic carbocycles. The SMILES string of the molecule is CCc1nn(-c2ccccc2)c2c1CN(C(=O)NCCc1ccccc1)C(c1ccc(C)cc1)c1cccn1-2. The standard InChI is InChI=1S/C33H33N5O/c1-3-29-28-23-37(33(39)34-21-20-25-11-6-4-7-12-25)31(26-18-16-24(2)17-19-26)30-15-10-22-36(30)32(28)38(35-29)27-13-8-5-9-14-27/h4-19,22,31H,3,20-21,23H2,1-2H3,(H,34,39). The highest BCUT2D eigenvalue weighted by molar-refractivity contribution is 5.76. The van der Waals surface area contributed by atoms with E-state index in [4.69, 9.17) is 5.10 Å². The number of hydrogen-bond donors (Lipinski definition) is 1. The van der Waals surface area contributed by atoms with Crippen molar-refractivity contribution in [3.63, 3.8) is 0 Å². The van der Waals surface area contributed by atoms with Gasteiger partial charge in [-0.2, -0.15) is 5.10 Å². The van der Waals surface area contributed by atoms with Crippen LogP contribution in [-0.2, 0) is 19.4 Å². The number of aryl methyl sites for hydroxylation is 2. The fourth-order valence-corrected chi connectivity index (χ4v) is 5.51. The molecule has 5 aromatic rings. The number of fused-ring (bicyclic) bond motifs is 3. The molecule has 1 atom stereocenters. The van der Waals surface area contributed by atoms with E-state index in [9.17, 15) is 4.79 Å². The fraction of sp³-hybridized carbons (Fsp3) is 0.212. The van der Waals surface area contributed by atoms with Crippen LogP contribution in [-0.4, -0.2) is 31.8 Å². The predicted molar refractivity (Wildman–Crippen MR) is 154 cm³/mol. The second-order valence-corrected chi connectivity index (χ2v) is 10.1. The molecule has 0 radical (unpaired) electrons. The van der Waals surface area contributed by atoms with E-state index in [-0.39, 0.29) is 12.1 Å². The first kappa shape index (κ1) is 24.7. The number of carbonyl (C=O) groups excluding carboxylic acids is 1. The molecule has 6 heteroatoms. The summed E-state index contributed by atoms with van der Waals surface area (Å²) >= 11 is 0. The average Bonchev–Trinajstić information content (AvgIpc) is 3.56. The molecule has 1 N–H and O–H groups in total. The summed E-state index contributed by atoms with van der Waals surface area (Å²) in [4.78, 5) is 16.0. The highest BCUT2D eigenvalue weighted by Crippen LogP contribution is 2.38. The zero-order valence-electron chi connectivity index (χ0n) is 22.4. The van der Waals surface area contributed by atoms with E-state index in [1.165, 1.54) is 11.1 Å². The molecule has 0 saturated carbocycles. The van der Waals surface area contributed by atoms with Crippen LogP contribution in [0.5, 0.6) is 0 Å². The molecule has 1 unspecified atom stereocenters. The predicted octanol–water partition coefficient (Wildman–Crippen LogP) is 6.39. The van der Waals surface area contributed by atoms with Gasteiger partial charge in [0.1, 0.15) is 5.82 Å². The summed E-state index contributed by atoms with van der Waals surface area (Å²) in [5, 5.41) is 8.26. The number of nitrogens with zero attached hydrogens (tertiary/aromatic N) is 4. The zero-order chi connectivity index (χ0) is 26.8. The summed E-state index contributed by atoms with van der Waals surface area (Å²) in [6.07, 6.45) is 3.65. The van der Waals surface area contributed by atoms with E-state index < -0.39 is 0 Å². The van der Waals surface area contributed by atoms with E-state index in [0.717, 1.165) is 46.9 Å². The Kier molecular flexibility index (Phi) is 6.76. The second kappa shape index (κ2) is 10.7. The summed E-state index contributed by atoms with van der Waals surface area (Å²) in [6.45, 7) is 5.24. The number of rotatable bonds is 6. The topological polar surface area (TPSA) is 55.1 Å². The maximum Gasteiger partial charge on any atom is 0.318 e. The zero-order valence-corrected chi connectivity index (χ0v) is 22.4. The lowest BCUT2D eigenvalue weighted by Crippen LogP contribution is -2.42. The Balaban J connectivity index is 1.45. The Labute approximate surface area is 229 Å². The summed E-state index contributed by atoms with van der Waals surface area (Å²) in [5.41, 5.74) is 7.60. The molecule has 6 nitrogen and oxygen atoms in total. The Bertz CT molecular complexity index is 1570. The number of hydrogen-bond acceptors (Lipinski definition) is 2. The Morgan fingerprint density at radius 3 is 2.36 bits per heavy atom. The number of amides is 2. The van der Waals surface area contributed by atoms with Crippen LogP contribution in [0.15, 0.2) is 103 Å². The third-order valence-electron chi connectivity index (χ3n) is 7.49. The van der Waals surface area contributed by atoms with Gasteiger partial charge in [0.25, 0.3) is 0 Å². The van der Waals surface area contributed by atoms with Crippen molar-refractivity contribution in [1.82, 2.24) is 24.6 Å². The lowest BCUT2D eigenvalue weighted by atomic mass is 10.0. The van der Waals surface area contributed by atoms with Gasteiger partial charge in [0.15, 0.2) is 0 Å². The Morgan fingerprint density at radius 1 is 0.923 bits per heavy atom. The number of para-hydroxylation sites is 1. The third kappa shape index (κ3) is 4.74. The van der Waals surface area contributed by atoms with E-state index >= 15 is 0 Å². The molecular weight excluding hydrogens is 482 g/mol. The van der Waals surface area contributed by atoms with E-state index in [1.807, 2.05) is 46.0 Å². The van der Waals surface area contributed by atoms with Gasteiger partial charge in [0.2, 0.25) is 0 Å². The first-order valence-electron chi connectivity index (χ1n) is 13.6. The molecule has 1 aliphatic heterocycles. The van der Waals surface area contributed by atoms with Crippen molar-refractivity contribution in [2.75, 3.05) is 6.54 Å². The molecule has 39 heavy (non-hydrogen) atoms. The highest BCUT2D eigenvalue weighted by atomic mass is 16.2. The van der Waals surface area contributed by atoms with Crippen molar-refractivity contribution in [1.29, 1.82) is 0 Å². The number of carbonyl (C=O) groups is 1. The quantitative estimate of drug-likeness (QED) is 0.285. The molecule has 0 spiro atoms. The van der Waals surface area contributed by atoms with Gasteiger partial charge in [-0.25, -0.2) is 9.48 Å². The van der Waals surface area contributed by atoms with Crippen LogP contribution in [0.3, 0.4) is 0 Å². The molecule has 2 amide bonds. The first-order valence-corrected chi connectivity index (χ1v) is 13.6. The molecule has 0 saturated heterocycles. The molecule has 6 rings (SSSR count). The molecule has 3 heterocycles. The van der Waals surface area contributed by atoms with Crippen molar-refractivity contribution >= 4 is 6.03 Å². The van der Waals surface area contributed by atoms with E-state index in [0.29, 0.717) is 13.1 Å². The van der Waals surface area contributed by atoms with E-state index in [1.54, 1.807) is 0 Å². The minimum atomic E-state index is -0.251. The van der Waals surface area contributed by atoms with Crippen molar-refractivity contribution in [2.45, 2.75) is 39.3 Å². The van der Waals surface area contributed by atoms with Crippen LogP contribution in [0.1, 0.15) is 46.6 Å². The van der Waals surface area contributed by atoms with Gasteiger partial charge in [-0.1, -0.05) is 85.3 Å².